The van der Waals surface area contributed by atoms with Crippen LogP contribution in [0, 0.1) is 29.1 Å². The van der Waals surface area contributed by atoms with Gasteiger partial charge >= 0.3 is 0 Å². The van der Waals surface area contributed by atoms with E-state index in [1.165, 1.54) is 56.1 Å². The lowest BCUT2D eigenvalue weighted by molar-refractivity contribution is 0.0241. The van der Waals surface area contributed by atoms with Crippen LogP contribution < -0.4 is 0 Å². The second-order valence-corrected chi connectivity index (χ2v) is 13.8. The summed E-state index contributed by atoms with van der Waals surface area (Å²) in [5.74, 6) is 2.72. The van der Waals surface area contributed by atoms with Crippen molar-refractivity contribution >= 4 is 11.4 Å². The molecule has 1 saturated heterocycles. The maximum Gasteiger partial charge on any atom is 0.140 e. The molecule has 4 heteroatoms. The van der Waals surface area contributed by atoms with Crippen molar-refractivity contribution in [3.05, 3.63) is 88.2 Å². The van der Waals surface area contributed by atoms with Crippen LogP contribution in [0.4, 0.5) is 0 Å². The van der Waals surface area contributed by atoms with E-state index in [0.717, 1.165) is 18.7 Å². The zero-order chi connectivity index (χ0) is 27.5. The lowest BCUT2D eigenvalue weighted by atomic mass is 9.51. The largest absolute Gasteiger partial charge is 0.364 e. The average molecular weight is 541 g/mol. The summed E-state index contributed by atoms with van der Waals surface area (Å²) in [7, 11) is 2.06. The molecule has 0 bridgehead atoms. The van der Waals surface area contributed by atoms with Crippen LogP contribution in [0.1, 0.15) is 81.4 Å². The first-order valence-electron chi connectivity index (χ1n) is 16.2. The Balaban J connectivity index is 1.29. The first-order chi connectivity index (χ1) is 20.1. The zero-order valence-electron chi connectivity index (χ0n) is 24.4. The van der Waals surface area contributed by atoms with Crippen LogP contribution in [0.3, 0.4) is 0 Å². The Bertz CT molecular complexity index is 1580. The summed E-state index contributed by atoms with van der Waals surface area (Å²) in [6, 6.07) is 10.7. The van der Waals surface area contributed by atoms with E-state index in [2.05, 4.69) is 84.5 Å². The summed E-state index contributed by atoms with van der Waals surface area (Å²) in [5.41, 5.74) is 11.2. The van der Waals surface area contributed by atoms with E-state index in [1.807, 2.05) is 0 Å². The van der Waals surface area contributed by atoms with Crippen LogP contribution in [0.2, 0.25) is 0 Å². The topological polar surface area (TPSA) is 42.6 Å². The lowest BCUT2D eigenvalue weighted by Crippen LogP contribution is -2.61. The molecule has 0 amide bonds. The minimum Gasteiger partial charge on any atom is -0.364 e. The van der Waals surface area contributed by atoms with Crippen molar-refractivity contribution < 1.29 is 0 Å². The summed E-state index contributed by atoms with van der Waals surface area (Å²) in [4.78, 5) is 10.1. The molecule has 1 spiro atoms. The maximum absolute atomic E-state index is 9.87. The number of fused-ring (bicyclic) bond motifs is 11. The molecule has 41 heavy (non-hydrogen) atoms. The normalized spacial score (nSPS) is 39.4. The van der Waals surface area contributed by atoms with Crippen molar-refractivity contribution in [2.75, 3.05) is 7.05 Å². The standard InChI is InChI=1S/C37H40N4/c1-22-34(21-38)40(2)36(39-22)23-18-19-25-24-10-3-5-13-28(24)37(31(25)20-23)29-14-6-8-17-33(29)41-32-16-7-4-11-26(32)27-12-9-15-30(37)35(27)41/h6-9,12,16,18-20,22,26,29-30,32-34H,3-5,10-11,13-15,17H2,1-2H3/t22?,26?,29?,30?,32?,33-,34?,37?/m1/s1. The number of hydrogen-bond donors (Lipinski definition) is 0. The molecular formula is C37H40N4. The molecule has 208 valence electrons. The minimum absolute atomic E-state index is 0.00395. The van der Waals surface area contributed by atoms with E-state index in [4.69, 9.17) is 4.99 Å². The van der Waals surface area contributed by atoms with Gasteiger partial charge in [0.15, 0.2) is 0 Å². The minimum atomic E-state index is -0.194. The highest BCUT2D eigenvalue weighted by atomic mass is 15.3. The first-order valence-corrected chi connectivity index (χ1v) is 16.2. The molecule has 1 aromatic rings. The SMILES string of the molecule is CC1N=C(c2ccc3c(c2)C2(C4=C3CCCC4)C3CC=CC4=C3N(C3C=CCCC43)[C@@H]3CC=CCC32)N(C)C1C#N. The molecule has 0 N–H and O–H groups in total. The van der Waals surface area contributed by atoms with Crippen LogP contribution in [0.5, 0.6) is 0 Å². The third-order valence-electron chi connectivity index (χ3n) is 12.3. The Morgan fingerprint density at radius 2 is 1.93 bits per heavy atom. The van der Waals surface area contributed by atoms with Gasteiger partial charge in [-0.1, -0.05) is 54.2 Å². The molecule has 8 atom stereocenters. The van der Waals surface area contributed by atoms with Gasteiger partial charge < -0.3 is 9.80 Å². The monoisotopic (exact) mass is 540 g/mol. The number of piperidine rings is 1. The average Bonchev–Trinajstić information content (AvgIpc) is 3.61. The molecule has 4 nitrogen and oxygen atoms in total. The maximum atomic E-state index is 9.87. The molecule has 5 aliphatic carbocycles. The number of benzene rings is 1. The van der Waals surface area contributed by atoms with Gasteiger partial charge in [0, 0.05) is 41.6 Å². The van der Waals surface area contributed by atoms with Crippen LogP contribution in [0.15, 0.2) is 76.5 Å². The Hall–Kier alpha value is -3.32. The highest BCUT2D eigenvalue weighted by molar-refractivity contribution is 6.01. The Labute approximate surface area is 244 Å². The second kappa shape index (κ2) is 8.60. The van der Waals surface area contributed by atoms with Gasteiger partial charge in [0.25, 0.3) is 0 Å². The van der Waals surface area contributed by atoms with Crippen LogP contribution in [-0.2, 0) is 5.41 Å². The van der Waals surface area contributed by atoms with Crippen molar-refractivity contribution in [2.24, 2.45) is 22.7 Å². The number of amidine groups is 1. The fourth-order valence-corrected chi connectivity index (χ4v) is 10.8. The van der Waals surface area contributed by atoms with E-state index in [0.29, 0.717) is 29.8 Å². The van der Waals surface area contributed by atoms with Crippen molar-refractivity contribution in [2.45, 2.75) is 94.3 Å². The molecule has 0 radical (unpaired) electrons. The van der Waals surface area contributed by atoms with Gasteiger partial charge in [-0.3, -0.25) is 4.99 Å². The van der Waals surface area contributed by atoms with Crippen molar-refractivity contribution in [1.29, 1.82) is 5.26 Å². The number of likely N-dealkylation sites (N-methyl/N-ethyl adjacent to an activating group) is 1. The fraction of sp³-hybridized carbons (Fsp3) is 0.514. The molecular weight excluding hydrogens is 500 g/mol. The van der Waals surface area contributed by atoms with E-state index < -0.39 is 0 Å². The highest BCUT2D eigenvalue weighted by Crippen LogP contribution is 2.68. The van der Waals surface area contributed by atoms with Crippen LogP contribution in [0.25, 0.3) is 5.57 Å². The molecule has 8 aliphatic rings. The van der Waals surface area contributed by atoms with Gasteiger partial charge in [-0.25, -0.2) is 0 Å². The fourth-order valence-electron chi connectivity index (χ4n) is 10.8. The third kappa shape index (κ3) is 2.93. The number of rotatable bonds is 1. The van der Waals surface area contributed by atoms with E-state index >= 15 is 0 Å². The predicted octanol–water partition coefficient (Wildman–Crippen LogP) is 7.07. The Morgan fingerprint density at radius 1 is 1.05 bits per heavy atom. The quantitative estimate of drug-likeness (QED) is 0.358. The Kier molecular flexibility index (Phi) is 5.10. The van der Waals surface area contributed by atoms with Crippen LogP contribution >= 0.6 is 0 Å². The van der Waals surface area contributed by atoms with Gasteiger partial charge in [-0.15, -0.1) is 0 Å². The van der Waals surface area contributed by atoms with Crippen molar-refractivity contribution in [3.63, 3.8) is 0 Å². The van der Waals surface area contributed by atoms with E-state index in [-0.39, 0.29) is 17.5 Å². The number of hydrogen-bond acceptors (Lipinski definition) is 4. The summed E-state index contributed by atoms with van der Waals surface area (Å²) in [6.45, 7) is 2.08. The summed E-state index contributed by atoms with van der Waals surface area (Å²) in [6.07, 6.45) is 26.2. The molecule has 0 aromatic heterocycles. The lowest BCUT2D eigenvalue weighted by Gasteiger charge is -2.60. The highest BCUT2D eigenvalue weighted by Gasteiger charge is 2.64. The number of aliphatic imine (C=N–C) groups is 1. The molecule has 7 unspecified atom stereocenters. The number of allylic oxidation sites excluding steroid dienone is 7. The molecule has 9 rings (SSSR count). The molecule has 1 aromatic carbocycles. The van der Waals surface area contributed by atoms with Gasteiger partial charge in [-0.2, -0.15) is 5.26 Å². The summed E-state index contributed by atoms with van der Waals surface area (Å²) < 4.78 is 0. The third-order valence-corrected chi connectivity index (χ3v) is 12.3. The molecule has 0 saturated carbocycles. The van der Waals surface area contributed by atoms with Crippen molar-refractivity contribution in [1.82, 2.24) is 9.80 Å². The number of nitriles is 1. The van der Waals surface area contributed by atoms with Gasteiger partial charge in [0.2, 0.25) is 0 Å². The number of nitrogens with zero attached hydrogens (tertiary/aromatic N) is 4. The summed E-state index contributed by atoms with van der Waals surface area (Å²) >= 11 is 0. The van der Waals surface area contributed by atoms with E-state index in [1.54, 1.807) is 28.0 Å². The van der Waals surface area contributed by atoms with Crippen LogP contribution in [-0.4, -0.2) is 46.9 Å². The first kappa shape index (κ1) is 24.3. The van der Waals surface area contributed by atoms with Crippen molar-refractivity contribution in [3.8, 4) is 6.07 Å². The summed E-state index contributed by atoms with van der Waals surface area (Å²) in [5, 5.41) is 9.87. The zero-order valence-corrected chi connectivity index (χ0v) is 24.4. The molecule has 3 aliphatic heterocycles. The van der Waals surface area contributed by atoms with Gasteiger partial charge in [0.05, 0.1) is 18.2 Å². The predicted molar refractivity (Wildman–Crippen MR) is 164 cm³/mol. The molecule has 3 heterocycles. The molecule has 1 fully saturated rings. The van der Waals surface area contributed by atoms with E-state index in [9.17, 15) is 5.26 Å². The smallest absolute Gasteiger partial charge is 0.140 e. The second-order valence-electron chi connectivity index (χ2n) is 13.8. The Morgan fingerprint density at radius 3 is 2.80 bits per heavy atom. The van der Waals surface area contributed by atoms with Gasteiger partial charge in [0.1, 0.15) is 11.9 Å². The van der Waals surface area contributed by atoms with Gasteiger partial charge in [-0.05, 0) is 99.0 Å².